The van der Waals surface area contributed by atoms with Crippen molar-refractivity contribution in [1.29, 1.82) is 0 Å². The predicted molar refractivity (Wildman–Crippen MR) is 95.4 cm³/mol. The van der Waals surface area contributed by atoms with Gasteiger partial charge in [-0.05, 0) is 38.5 Å². The summed E-state index contributed by atoms with van der Waals surface area (Å²) >= 11 is 1.34. The number of carbonyl (C=O) groups excluding carboxylic acids is 1. The van der Waals surface area contributed by atoms with Crippen LogP contribution < -0.4 is 10.6 Å². The van der Waals surface area contributed by atoms with E-state index in [2.05, 4.69) is 20.6 Å². The number of nitrogens with zero attached hydrogens (tertiary/aromatic N) is 2. The van der Waals surface area contributed by atoms with Crippen molar-refractivity contribution in [3.63, 3.8) is 0 Å². The standard InChI is InChI=1S/C17H21FN4O2S/c1-24-11-6-4-10(5-7-11)20-17-21-13-12(18)8-19-15(14(13)25-17)22-16(23)9-2-3-9/h8-11H,2-7H2,1H3,(H,20,21)(H,19,22,23)/t10-,11-. The van der Waals surface area contributed by atoms with E-state index >= 15 is 0 Å². The number of carbonyl (C=O) groups is 1. The highest BCUT2D eigenvalue weighted by atomic mass is 32.1. The van der Waals surface area contributed by atoms with Crippen LogP contribution in [-0.4, -0.2) is 35.1 Å². The SMILES string of the molecule is CO[C@H]1CC[C@H](Nc2nc3c(F)cnc(NC(=O)C4CC4)c3s2)CC1. The molecule has 1 amide bonds. The van der Waals surface area contributed by atoms with Gasteiger partial charge in [0.05, 0.1) is 12.3 Å². The van der Waals surface area contributed by atoms with Gasteiger partial charge in [0.1, 0.15) is 10.2 Å². The molecule has 2 fully saturated rings. The second kappa shape index (κ2) is 6.84. The smallest absolute Gasteiger partial charge is 0.228 e. The number of anilines is 2. The van der Waals surface area contributed by atoms with E-state index in [0.29, 0.717) is 27.8 Å². The average Bonchev–Trinajstić information content (AvgIpc) is 3.38. The molecule has 4 rings (SSSR count). The second-order valence-electron chi connectivity index (χ2n) is 6.77. The van der Waals surface area contributed by atoms with Crippen molar-refractivity contribution in [2.75, 3.05) is 17.7 Å². The van der Waals surface area contributed by atoms with Gasteiger partial charge in [-0.25, -0.2) is 14.4 Å². The molecule has 8 heteroatoms. The molecule has 2 aromatic rings. The van der Waals surface area contributed by atoms with Crippen molar-refractivity contribution in [1.82, 2.24) is 9.97 Å². The number of thiazole rings is 1. The molecule has 0 radical (unpaired) electrons. The summed E-state index contributed by atoms with van der Waals surface area (Å²) in [7, 11) is 1.75. The van der Waals surface area contributed by atoms with Gasteiger partial charge >= 0.3 is 0 Å². The lowest BCUT2D eigenvalue weighted by Gasteiger charge is -2.27. The Morgan fingerprint density at radius 1 is 1.28 bits per heavy atom. The van der Waals surface area contributed by atoms with Gasteiger partial charge in [0.25, 0.3) is 0 Å². The zero-order valence-corrected chi connectivity index (χ0v) is 14.9. The molecule has 0 aliphatic heterocycles. The van der Waals surface area contributed by atoms with Gasteiger partial charge < -0.3 is 15.4 Å². The molecule has 0 spiro atoms. The van der Waals surface area contributed by atoms with E-state index in [1.165, 1.54) is 11.3 Å². The molecular formula is C17H21FN4O2S. The summed E-state index contributed by atoms with van der Waals surface area (Å²) in [6, 6.07) is 0.312. The zero-order chi connectivity index (χ0) is 17.4. The molecule has 0 saturated heterocycles. The van der Waals surface area contributed by atoms with Crippen LogP contribution in [-0.2, 0) is 9.53 Å². The number of hydrogen-bond donors (Lipinski definition) is 2. The highest BCUT2D eigenvalue weighted by Crippen LogP contribution is 2.36. The third-order valence-electron chi connectivity index (χ3n) is 4.90. The van der Waals surface area contributed by atoms with Crippen LogP contribution in [0, 0.1) is 11.7 Å². The molecule has 0 unspecified atom stereocenters. The Labute approximate surface area is 149 Å². The van der Waals surface area contributed by atoms with E-state index in [-0.39, 0.29) is 17.3 Å². The molecule has 134 valence electrons. The predicted octanol–water partition coefficient (Wildman–Crippen LogP) is 3.55. The van der Waals surface area contributed by atoms with Crippen LogP contribution in [0.4, 0.5) is 15.3 Å². The molecule has 2 saturated carbocycles. The first-order valence-corrected chi connectivity index (χ1v) is 9.51. The van der Waals surface area contributed by atoms with E-state index in [9.17, 15) is 9.18 Å². The number of rotatable bonds is 5. The lowest BCUT2D eigenvalue weighted by atomic mass is 9.93. The Bertz CT molecular complexity index is 784. The van der Waals surface area contributed by atoms with Gasteiger partial charge in [0.2, 0.25) is 5.91 Å². The molecule has 2 aliphatic rings. The van der Waals surface area contributed by atoms with Crippen LogP contribution in [0.5, 0.6) is 0 Å². The molecular weight excluding hydrogens is 343 g/mol. The summed E-state index contributed by atoms with van der Waals surface area (Å²) in [5, 5.41) is 6.89. The van der Waals surface area contributed by atoms with Crippen LogP contribution in [0.2, 0.25) is 0 Å². The van der Waals surface area contributed by atoms with Crippen molar-refractivity contribution in [2.24, 2.45) is 5.92 Å². The maximum absolute atomic E-state index is 14.1. The molecule has 2 aromatic heterocycles. The number of halogens is 1. The topological polar surface area (TPSA) is 76.1 Å². The third kappa shape index (κ3) is 3.59. The number of amides is 1. The van der Waals surface area contributed by atoms with E-state index in [1.54, 1.807) is 7.11 Å². The fourth-order valence-corrected chi connectivity index (χ4v) is 4.21. The van der Waals surface area contributed by atoms with Crippen LogP contribution >= 0.6 is 11.3 Å². The normalized spacial score (nSPS) is 23.6. The number of hydrogen-bond acceptors (Lipinski definition) is 6. The first-order valence-electron chi connectivity index (χ1n) is 8.69. The Morgan fingerprint density at radius 2 is 2.04 bits per heavy atom. The zero-order valence-electron chi connectivity index (χ0n) is 14.0. The maximum atomic E-state index is 14.1. The first kappa shape index (κ1) is 16.7. The van der Waals surface area contributed by atoms with Crippen LogP contribution in [0.1, 0.15) is 38.5 Å². The number of nitrogens with one attached hydrogen (secondary N) is 2. The number of fused-ring (bicyclic) bond motifs is 1. The molecule has 2 aliphatic carbocycles. The monoisotopic (exact) mass is 364 g/mol. The molecule has 25 heavy (non-hydrogen) atoms. The Balaban J connectivity index is 1.52. The van der Waals surface area contributed by atoms with Gasteiger partial charge in [0, 0.05) is 19.1 Å². The van der Waals surface area contributed by atoms with E-state index in [0.717, 1.165) is 44.7 Å². The minimum Gasteiger partial charge on any atom is -0.381 e. The summed E-state index contributed by atoms with van der Waals surface area (Å²) < 4.78 is 20.1. The number of methoxy groups -OCH3 is 1. The van der Waals surface area contributed by atoms with Gasteiger partial charge in [-0.2, -0.15) is 0 Å². The van der Waals surface area contributed by atoms with Gasteiger partial charge in [-0.1, -0.05) is 11.3 Å². The minimum atomic E-state index is -0.466. The average molecular weight is 364 g/mol. The molecule has 6 nitrogen and oxygen atoms in total. The summed E-state index contributed by atoms with van der Waals surface area (Å²) in [6.45, 7) is 0. The molecule has 2 N–H and O–H groups in total. The Kier molecular flexibility index (Phi) is 4.56. The van der Waals surface area contributed by atoms with Crippen LogP contribution in [0.15, 0.2) is 6.20 Å². The third-order valence-corrected chi connectivity index (χ3v) is 5.89. The molecule has 0 bridgehead atoms. The maximum Gasteiger partial charge on any atom is 0.228 e. The minimum absolute atomic E-state index is 0.0406. The van der Waals surface area contributed by atoms with Gasteiger partial charge in [-0.3, -0.25) is 4.79 Å². The van der Waals surface area contributed by atoms with Crippen molar-refractivity contribution in [3.8, 4) is 0 Å². The molecule has 2 heterocycles. The number of ether oxygens (including phenoxy) is 1. The quantitative estimate of drug-likeness (QED) is 0.848. The fraction of sp³-hybridized carbons (Fsp3) is 0.588. The number of aromatic nitrogens is 2. The highest BCUT2D eigenvalue weighted by Gasteiger charge is 2.30. The Hall–Kier alpha value is -1.80. The summed E-state index contributed by atoms with van der Waals surface area (Å²) in [5.41, 5.74) is 0.263. The Morgan fingerprint density at radius 3 is 2.72 bits per heavy atom. The highest BCUT2D eigenvalue weighted by molar-refractivity contribution is 7.22. The van der Waals surface area contributed by atoms with Gasteiger partial charge in [0.15, 0.2) is 16.8 Å². The summed E-state index contributed by atoms with van der Waals surface area (Å²) in [6.07, 6.45) is 7.30. The molecule has 0 aromatic carbocycles. The lowest BCUT2D eigenvalue weighted by Crippen LogP contribution is -2.29. The summed E-state index contributed by atoms with van der Waals surface area (Å²) in [5.74, 6) is -0.0293. The van der Waals surface area contributed by atoms with E-state index < -0.39 is 5.82 Å². The molecule has 0 atom stereocenters. The van der Waals surface area contributed by atoms with Crippen LogP contribution in [0.3, 0.4) is 0 Å². The van der Waals surface area contributed by atoms with Crippen molar-refractivity contribution >= 4 is 38.4 Å². The van der Waals surface area contributed by atoms with Gasteiger partial charge in [-0.15, -0.1) is 0 Å². The van der Waals surface area contributed by atoms with E-state index in [1.807, 2.05) is 0 Å². The lowest BCUT2D eigenvalue weighted by molar-refractivity contribution is -0.117. The largest absolute Gasteiger partial charge is 0.381 e. The number of pyridine rings is 1. The fourth-order valence-electron chi connectivity index (χ4n) is 3.22. The van der Waals surface area contributed by atoms with Crippen molar-refractivity contribution in [2.45, 2.75) is 50.7 Å². The van der Waals surface area contributed by atoms with Crippen molar-refractivity contribution < 1.29 is 13.9 Å². The van der Waals surface area contributed by atoms with Crippen molar-refractivity contribution in [3.05, 3.63) is 12.0 Å². The first-order chi connectivity index (χ1) is 12.1. The van der Waals surface area contributed by atoms with Crippen LogP contribution in [0.25, 0.3) is 10.2 Å². The summed E-state index contributed by atoms with van der Waals surface area (Å²) in [4.78, 5) is 20.4. The van der Waals surface area contributed by atoms with E-state index in [4.69, 9.17) is 4.74 Å². The second-order valence-corrected chi connectivity index (χ2v) is 7.77.